The number of hydrogen-bond donors (Lipinski definition) is 1. The van der Waals surface area contributed by atoms with Crippen molar-refractivity contribution >= 4 is 6.29 Å². The van der Waals surface area contributed by atoms with Crippen molar-refractivity contribution < 1.29 is 39.8 Å². The Hall–Kier alpha value is -2.64. The first kappa shape index (κ1) is 24.6. The van der Waals surface area contributed by atoms with E-state index in [9.17, 15) is 18.0 Å². The van der Waals surface area contributed by atoms with Gasteiger partial charge in [0.1, 0.15) is 17.3 Å². The van der Waals surface area contributed by atoms with Crippen molar-refractivity contribution in [2.75, 3.05) is 6.61 Å². The van der Waals surface area contributed by atoms with Crippen molar-refractivity contribution in [1.29, 1.82) is 0 Å². The molecule has 0 aliphatic rings. The molecular weight excluding hydrogens is 450 g/mol. The van der Waals surface area contributed by atoms with E-state index in [2.05, 4.69) is 21.2 Å². The van der Waals surface area contributed by atoms with E-state index < -0.39 is 17.3 Å². The van der Waals surface area contributed by atoms with Crippen molar-refractivity contribution in [1.82, 2.24) is 15.0 Å². The van der Waals surface area contributed by atoms with Crippen molar-refractivity contribution in [2.24, 2.45) is 5.41 Å². The fourth-order valence-corrected chi connectivity index (χ4v) is 2.89. The molecule has 2 heterocycles. The molecule has 0 spiro atoms. The molecule has 3 rings (SSSR count). The van der Waals surface area contributed by atoms with E-state index >= 15 is 0 Å². The van der Waals surface area contributed by atoms with Crippen LogP contribution in [-0.2, 0) is 28.0 Å². The molecule has 1 N–H and O–H groups in total. The Labute approximate surface area is 188 Å². The summed E-state index contributed by atoms with van der Waals surface area (Å²) in [7, 11) is 0. The predicted molar refractivity (Wildman–Crippen MR) is 106 cm³/mol. The van der Waals surface area contributed by atoms with Gasteiger partial charge in [0.2, 0.25) is 0 Å². The summed E-state index contributed by atoms with van der Waals surface area (Å²) >= 11 is 0. The number of ether oxygens (including phenoxy) is 1. The van der Waals surface area contributed by atoms with E-state index in [1.54, 1.807) is 24.3 Å². The maximum absolute atomic E-state index is 12.7. The molecule has 31 heavy (non-hydrogen) atoms. The van der Waals surface area contributed by atoms with E-state index in [0.717, 1.165) is 11.8 Å². The second-order valence-corrected chi connectivity index (χ2v) is 6.98. The number of aromatic amines is 1. The molecule has 0 aliphatic carbocycles. The molecule has 3 aromatic rings. The molecule has 1 radical (unpaired) electrons. The number of hydrogen-bond acceptors (Lipinski definition) is 4. The first-order chi connectivity index (χ1) is 14.3. The Morgan fingerprint density at radius 3 is 2.10 bits per heavy atom. The van der Waals surface area contributed by atoms with Gasteiger partial charge in [-0.25, -0.2) is 4.98 Å². The fourth-order valence-electron chi connectivity index (χ4n) is 2.89. The van der Waals surface area contributed by atoms with Crippen LogP contribution in [-0.4, -0.2) is 27.8 Å². The van der Waals surface area contributed by atoms with Crippen LogP contribution in [0.4, 0.5) is 13.2 Å². The van der Waals surface area contributed by atoms with Gasteiger partial charge in [-0.15, -0.1) is 0 Å². The zero-order valence-corrected chi connectivity index (χ0v) is 18.1. The summed E-state index contributed by atoms with van der Waals surface area (Å²) in [6.45, 7) is 4.13. The van der Waals surface area contributed by atoms with Crippen molar-refractivity contribution in [3.8, 4) is 28.4 Å². The first-order valence-electron chi connectivity index (χ1n) is 9.51. The third-order valence-corrected chi connectivity index (χ3v) is 5.15. The van der Waals surface area contributed by atoms with E-state index in [1.165, 1.54) is 6.20 Å². The van der Waals surface area contributed by atoms with E-state index in [4.69, 9.17) is 4.74 Å². The maximum atomic E-state index is 12.7. The van der Waals surface area contributed by atoms with E-state index in [-0.39, 0.29) is 29.5 Å². The molecule has 0 atom stereocenters. The van der Waals surface area contributed by atoms with Gasteiger partial charge in [0, 0.05) is 34.4 Å². The van der Waals surface area contributed by atoms with Crippen LogP contribution in [0.5, 0.6) is 5.75 Å². The quantitative estimate of drug-likeness (QED) is 0.351. The SMILES string of the molecule is CCC([C-]=O)(CC)COc1ccc(-c2ccc(-c3ncc(C(F)(F)F)[nH]3)cn2)cc1.[Mn]. The molecular formula is C22H21F3MnN3O2-. The molecule has 2 aromatic heterocycles. The fraction of sp³-hybridized carbons (Fsp3) is 0.318. The number of H-pyrrole nitrogens is 1. The number of pyridine rings is 1. The molecule has 0 saturated carbocycles. The van der Waals surface area contributed by atoms with Gasteiger partial charge in [-0.1, -0.05) is 32.1 Å². The minimum absolute atomic E-state index is 0. The van der Waals surface area contributed by atoms with Crippen LogP contribution >= 0.6 is 0 Å². The Morgan fingerprint density at radius 1 is 0.968 bits per heavy atom. The van der Waals surface area contributed by atoms with Crippen molar-refractivity contribution in [3.05, 3.63) is 54.5 Å². The normalized spacial score (nSPS) is 11.6. The van der Waals surface area contributed by atoms with Gasteiger partial charge >= 0.3 is 6.18 Å². The molecule has 0 saturated heterocycles. The Bertz CT molecular complexity index is 982. The van der Waals surface area contributed by atoms with Gasteiger partial charge in [0.15, 0.2) is 0 Å². The zero-order valence-electron chi connectivity index (χ0n) is 17.0. The number of rotatable bonds is 8. The Kier molecular flexibility index (Phi) is 8.03. The maximum Gasteiger partial charge on any atom is 0.432 e. The van der Waals surface area contributed by atoms with Crippen LogP contribution in [0, 0.1) is 5.41 Å². The summed E-state index contributed by atoms with van der Waals surface area (Å²) in [6.07, 6.45) is 1.16. The van der Waals surface area contributed by atoms with Crippen LogP contribution < -0.4 is 4.74 Å². The van der Waals surface area contributed by atoms with Crippen molar-refractivity contribution in [3.63, 3.8) is 0 Å². The second kappa shape index (κ2) is 10.1. The third-order valence-electron chi connectivity index (χ3n) is 5.15. The molecule has 0 bridgehead atoms. The molecule has 1 aromatic carbocycles. The van der Waals surface area contributed by atoms with Gasteiger partial charge in [0.05, 0.1) is 18.5 Å². The minimum Gasteiger partial charge on any atom is -0.541 e. The number of nitrogens with zero attached hydrogens (tertiary/aromatic N) is 2. The largest absolute Gasteiger partial charge is 0.541 e. The predicted octanol–water partition coefficient (Wildman–Crippen LogP) is 5.45. The molecule has 165 valence electrons. The number of nitrogens with one attached hydrogen (secondary N) is 1. The number of carbonyl (C=O) groups excluding carboxylic acids is 1. The molecule has 0 unspecified atom stereocenters. The molecule has 9 heteroatoms. The molecule has 0 fully saturated rings. The van der Waals surface area contributed by atoms with Crippen LogP contribution in [0.1, 0.15) is 32.4 Å². The second-order valence-electron chi connectivity index (χ2n) is 6.98. The van der Waals surface area contributed by atoms with E-state index in [1.807, 2.05) is 26.0 Å². The summed E-state index contributed by atoms with van der Waals surface area (Å²) in [4.78, 5) is 21.6. The summed E-state index contributed by atoms with van der Waals surface area (Å²) < 4.78 is 43.9. The van der Waals surface area contributed by atoms with Crippen LogP contribution in [0.15, 0.2) is 48.8 Å². The van der Waals surface area contributed by atoms with Gasteiger partial charge in [-0.3, -0.25) is 11.3 Å². The summed E-state index contributed by atoms with van der Waals surface area (Å²) in [5, 5.41) is 0. The zero-order chi connectivity index (χ0) is 21.8. The van der Waals surface area contributed by atoms with Crippen LogP contribution in [0.2, 0.25) is 0 Å². The topological polar surface area (TPSA) is 67.9 Å². The smallest absolute Gasteiger partial charge is 0.432 e. The summed E-state index contributed by atoms with van der Waals surface area (Å²) in [6, 6.07) is 10.6. The van der Waals surface area contributed by atoms with Gasteiger partial charge in [-0.2, -0.15) is 13.2 Å². The van der Waals surface area contributed by atoms with Gasteiger partial charge < -0.3 is 14.5 Å². The molecule has 0 amide bonds. The summed E-state index contributed by atoms with van der Waals surface area (Å²) in [5.41, 5.74) is 0.428. The minimum atomic E-state index is -4.47. The van der Waals surface area contributed by atoms with E-state index in [0.29, 0.717) is 29.8 Å². The van der Waals surface area contributed by atoms with Crippen molar-refractivity contribution in [2.45, 2.75) is 32.9 Å². The number of halogens is 3. The standard InChI is InChI=1S/C22H21F3N3O2.Mn/c1-3-21(4-2,13-29)14-30-17-8-5-15(6-9-17)18-10-7-16(11-26-18)20-27-12-19(28-20)22(23,24)25;/h5-12H,3-4,14H2,1-2H3,(H,27,28);/q-1;. The van der Waals surface area contributed by atoms with Crippen LogP contribution in [0.25, 0.3) is 22.6 Å². The number of aromatic nitrogens is 3. The number of benzene rings is 1. The Morgan fingerprint density at radius 2 is 1.61 bits per heavy atom. The number of imidazole rings is 1. The van der Waals surface area contributed by atoms with Gasteiger partial charge in [0.25, 0.3) is 0 Å². The Balaban J connectivity index is 0.00000341. The first-order valence-corrected chi connectivity index (χ1v) is 9.51. The number of alkyl halides is 3. The van der Waals surface area contributed by atoms with Crippen LogP contribution in [0.3, 0.4) is 0 Å². The third kappa shape index (κ3) is 5.74. The molecule has 5 nitrogen and oxygen atoms in total. The average molecular weight is 471 g/mol. The average Bonchev–Trinajstić information content (AvgIpc) is 3.27. The monoisotopic (exact) mass is 471 g/mol. The van der Waals surface area contributed by atoms with Gasteiger partial charge in [-0.05, 0) is 36.4 Å². The summed E-state index contributed by atoms with van der Waals surface area (Å²) in [5.74, 6) is 0.736. The molecule has 0 aliphatic heterocycles.